The molecule has 60 heavy (non-hydrogen) atoms. The third-order valence-electron chi connectivity index (χ3n) is 11.4. The lowest BCUT2D eigenvalue weighted by Gasteiger charge is -2.26. The predicted octanol–water partition coefficient (Wildman–Crippen LogP) is 6.51. The van der Waals surface area contributed by atoms with Crippen molar-refractivity contribution in [3.8, 4) is 11.1 Å². The number of hydrogen-bond acceptors (Lipinski definition) is 10. The van der Waals surface area contributed by atoms with Crippen LogP contribution < -0.4 is 10.4 Å². The Hall–Kier alpha value is -2.57. The molecule has 0 saturated carbocycles. The van der Waals surface area contributed by atoms with Gasteiger partial charge in [-0.2, -0.15) is 0 Å². The highest BCUT2D eigenvalue weighted by atomic mass is 28.3. The molecule has 0 N–H and O–H groups in total. The maximum atomic E-state index is 6.01. The number of rotatable bonds is 7. The van der Waals surface area contributed by atoms with Crippen molar-refractivity contribution in [2.75, 3.05) is 132 Å². The van der Waals surface area contributed by atoms with Crippen molar-refractivity contribution in [3.05, 3.63) is 71.8 Å². The summed E-state index contributed by atoms with van der Waals surface area (Å²) in [5.74, 6) is 0. The van der Waals surface area contributed by atoms with E-state index >= 15 is 0 Å². The maximum Gasteiger partial charge on any atom is 0.0784 e. The van der Waals surface area contributed by atoms with Crippen LogP contribution in [0.2, 0.25) is 39.3 Å². The first-order valence-electron chi connectivity index (χ1n) is 22.3. The molecule has 4 aromatic carbocycles. The number of hydrogen-bond donors (Lipinski definition) is 0. The molecule has 2 aliphatic rings. The van der Waals surface area contributed by atoms with Crippen LogP contribution in [0.1, 0.15) is 11.1 Å². The van der Waals surface area contributed by atoms with Crippen LogP contribution in [0.3, 0.4) is 0 Å². The summed E-state index contributed by atoms with van der Waals surface area (Å²) in [6, 6.07) is 24.0. The van der Waals surface area contributed by atoms with E-state index in [2.05, 4.69) is 110 Å². The van der Waals surface area contributed by atoms with E-state index in [1.807, 2.05) is 0 Å². The summed E-state index contributed by atoms with van der Waals surface area (Å²) < 4.78 is 46.7. The molecule has 4 aromatic rings. The molecule has 330 valence electrons. The van der Waals surface area contributed by atoms with Crippen molar-refractivity contribution in [2.45, 2.75) is 52.4 Å². The highest BCUT2D eigenvalue weighted by Crippen LogP contribution is 2.32. The van der Waals surface area contributed by atoms with E-state index in [0.29, 0.717) is 106 Å². The van der Waals surface area contributed by atoms with Gasteiger partial charge in [0.15, 0.2) is 0 Å². The van der Waals surface area contributed by atoms with Crippen molar-refractivity contribution in [1.29, 1.82) is 0 Å². The Morgan fingerprint density at radius 3 is 0.917 bits per heavy atom. The Morgan fingerprint density at radius 1 is 0.350 bits per heavy atom. The summed E-state index contributed by atoms with van der Waals surface area (Å²) in [5, 5.41) is 8.41. The minimum absolute atomic E-state index is 0.579. The van der Waals surface area contributed by atoms with E-state index in [4.69, 9.17) is 37.9 Å². The monoisotopic (exact) mass is 860 g/mol. The van der Waals surface area contributed by atoms with Crippen LogP contribution in [0.4, 0.5) is 0 Å². The second-order valence-electron chi connectivity index (χ2n) is 18.0. The normalized spacial score (nSPS) is 19.6. The Balaban J connectivity index is 1.33. The van der Waals surface area contributed by atoms with Gasteiger partial charge in [0.25, 0.3) is 0 Å². The predicted molar refractivity (Wildman–Crippen MR) is 250 cm³/mol. The molecule has 0 spiro atoms. The van der Waals surface area contributed by atoms with E-state index in [0.717, 1.165) is 39.3 Å². The Kier molecular flexibility index (Phi) is 18.6. The molecular formula is C48H72N2O8Si2. The quantitative estimate of drug-likeness (QED) is 0.192. The molecule has 2 aliphatic heterocycles. The van der Waals surface area contributed by atoms with E-state index in [-0.39, 0.29) is 0 Å². The van der Waals surface area contributed by atoms with Gasteiger partial charge in [-0.3, -0.25) is 9.80 Å². The Labute approximate surface area is 361 Å². The van der Waals surface area contributed by atoms with Gasteiger partial charge in [0.05, 0.1) is 122 Å². The Bertz CT molecular complexity index is 1750. The van der Waals surface area contributed by atoms with Gasteiger partial charge < -0.3 is 37.9 Å². The molecule has 2 saturated heterocycles. The minimum atomic E-state index is -1.64. The fraction of sp³-hybridized carbons (Fsp3) is 0.583. The van der Waals surface area contributed by atoms with Crippen molar-refractivity contribution in [3.63, 3.8) is 0 Å². The van der Waals surface area contributed by atoms with Gasteiger partial charge >= 0.3 is 0 Å². The molecule has 0 aromatic heterocycles. The third kappa shape index (κ3) is 14.2. The summed E-state index contributed by atoms with van der Waals surface area (Å²) in [6.07, 6.45) is 0. The van der Waals surface area contributed by atoms with E-state index in [1.165, 1.54) is 54.2 Å². The number of nitrogens with zero attached hydrogens (tertiary/aromatic N) is 2. The summed E-state index contributed by atoms with van der Waals surface area (Å²) in [6.45, 7) is 29.2. The molecule has 2 fully saturated rings. The van der Waals surface area contributed by atoms with Gasteiger partial charge in [-0.05, 0) is 55.9 Å². The zero-order chi connectivity index (χ0) is 42.2. The smallest absolute Gasteiger partial charge is 0.0784 e. The molecule has 12 heteroatoms. The second kappa shape index (κ2) is 23.8. The fourth-order valence-electron chi connectivity index (χ4n) is 8.08. The summed E-state index contributed by atoms with van der Waals surface area (Å²) in [5.41, 5.74) is 5.15. The van der Waals surface area contributed by atoms with Gasteiger partial charge in [-0.1, -0.05) is 98.2 Å². The minimum Gasteiger partial charge on any atom is -0.378 e. The van der Waals surface area contributed by atoms with Crippen molar-refractivity contribution in [2.24, 2.45) is 0 Å². The molecule has 10 nitrogen and oxygen atoms in total. The van der Waals surface area contributed by atoms with Crippen LogP contribution in [-0.4, -0.2) is 158 Å². The summed E-state index contributed by atoms with van der Waals surface area (Å²) in [7, 11) is -3.29. The topological polar surface area (TPSA) is 80.3 Å². The van der Waals surface area contributed by atoms with Crippen LogP contribution in [0, 0.1) is 0 Å². The van der Waals surface area contributed by atoms with Gasteiger partial charge in [0.1, 0.15) is 0 Å². The largest absolute Gasteiger partial charge is 0.378 e. The molecule has 0 aliphatic carbocycles. The zero-order valence-corrected chi connectivity index (χ0v) is 39.5. The highest BCUT2D eigenvalue weighted by molar-refractivity contribution is 6.90. The first-order valence-corrected chi connectivity index (χ1v) is 29.3. The van der Waals surface area contributed by atoms with Gasteiger partial charge in [-0.25, -0.2) is 0 Å². The molecule has 0 bridgehead atoms. The third-order valence-corrected chi connectivity index (χ3v) is 15.5. The van der Waals surface area contributed by atoms with E-state index in [1.54, 1.807) is 0 Å². The van der Waals surface area contributed by atoms with Gasteiger partial charge in [0.2, 0.25) is 0 Å². The lowest BCUT2D eigenvalue weighted by atomic mass is 9.95. The molecule has 0 amide bonds. The van der Waals surface area contributed by atoms with Crippen LogP contribution in [-0.2, 0) is 51.0 Å². The number of fused-ring (bicyclic) bond motifs is 2. The fourth-order valence-corrected chi connectivity index (χ4v) is 11.3. The van der Waals surface area contributed by atoms with E-state index in [9.17, 15) is 0 Å². The Morgan fingerprint density at radius 2 is 0.633 bits per heavy atom. The SMILES string of the molecule is C[Si](C)(C)c1ccc(CN2CCOCCOCCOCCOCC2)c2cc(-c3ccc4c([Si](C)(C)C)ccc(CN5CCOCCOCCOCCOCC5)c4c3)ccc12. The van der Waals surface area contributed by atoms with Crippen molar-refractivity contribution in [1.82, 2.24) is 9.80 Å². The van der Waals surface area contributed by atoms with Crippen LogP contribution in [0.5, 0.6) is 0 Å². The molecule has 2 heterocycles. The molecule has 0 unspecified atom stereocenters. The summed E-state index contributed by atoms with van der Waals surface area (Å²) >= 11 is 0. The van der Waals surface area contributed by atoms with Crippen LogP contribution in [0.25, 0.3) is 32.7 Å². The number of benzene rings is 4. The highest BCUT2D eigenvalue weighted by Gasteiger charge is 2.23. The maximum absolute atomic E-state index is 6.01. The number of ether oxygens (including phenoxy) is 8. The van der Waals surface area contributed by atoms with Crippen LogP contribution >= 0.6 is 0 Å². The van der Waals surface area contributed by atoms with Gasteiger partial charge in [-0.15, -0.1) is 0 Å². The lowest BCUT2D eigenvalue weighted by molar-refractivity contribution is 0.00206. The molecular weight excluding hydrogens is 789 g/mol. The molecule has 0 atom stereocenters. The molecule has 6 rings (SSSR count). The van der Waals surface area contributed by atoms with Crippen LogP contribution in [0.15, 0.2) is 60.7 Å². The molecule has 0 radical (unpaired) electrons. The first-order chi connectivity index (χ1) is 29.1. The van der Waals surface area contributed by atoms with Crippen molar-refractivity contribution < 1.29 is 37.9 Å². The average Bonchev–Trinajstić information content (AvgIpc) is 3.24. The average molecular weight is 861 g/mol. The standard InChI is InChI=1S/C48H72N2O8Si2/c1-59(2,3)47-13-9-41(37-49-15-19-51-23-27-55-31-32-56-28-24-52-20-16-49)45-35-39(7-11-43(45)47)40-8-12-44-46(36-40)42(10-14-48(44)60(4,5)6)38-50-17-21-53-25-29-57-33-34-58-30-26-54-22-18-50/h7-14,35-36H,15-34,37-38H2,1-6H3. The zero-order valence-electron chi connectivity index (χ0n) is 37.5. The summed E-state index contributed by atoms with van der Waals surface area (Å²) in [4.78, 5) is 4.94. The second-order valence-corrected chi connectivity index (χ2v) is 28.1. The van der Waals surface area contributed by atoms with E-state index < -0.39 is 16.1 Å². The van der Waals surface area contributed by atoms with Gasteiger partial charge in [0, 0.05) is 39.3 Å². The van der Waals surface area contributed by atoms with Crippen molar-refractivity contribution >= 4 is 48.1 Å². The lowest BCUT2D eigenvalue weighted by Crippen LogP contribution is -2.38. The first kappa shape index (κ1) is 46.9.